The van der Waals surface area contributed by atoms with E-state index in [0.29, 0.717) is 16.7 Å². The Morgan fingerprint density at radius 1 is 0.542 bits per heavy atom. The SMILES string of the molecule is [2H]c1c([2H])c([2H])c(-c2cccc(-c3c([2H])c([2H])c([2H])c([2H])c3[2H])c2-[n+]2[c-]n(-c3cccc(N4c5cc6c(cc5N(C)[Si]4(c4ccccc4)c4ccccc4)c4ccccc4n6-c4cc(C(C)(C)C)ccn4)c3)c3ccccc32)c([2H])c1[2H]. The number of hydrogen-bond acceptors (Lipinski definition) is 3. The molecule has 0 amide bonds. The molecular weight excluding hydrogens is 893 g/mol. The van der Waals surface area contributed by atoms with Crippen molar-refractivity contribution < 1.29 is 18.3 Å². The summed E-state index contributed by atoms with van der Waals surface area (Å²) in [5.74, 6) is 0.819. The molecule has 12 aromatic rings. The maximum atomic E-state index is 9.21. The molecule has 7 heteroatoms. The van der Waals surface area contributed by atoms with Crippen LogP contribution in [0.3, 0.4) is 0 Å². The normalized spacial score (nSPS) is 15.3. The number of imidazole rings is 1. The van der Waals surface area contributed by atoms with Gasteiger partial charge in [-0.3, -0.25) is 13.7 Å². The molecule has 0 bridgehead atoms. The largest absolute Gasteiger partial charge is 0.375 e. The van der Waals surface area contributed by atoms with Crippen LogP contribution in [0.5, 0.6) is 0 Å². The average molecular weight is 955 g/mol. The first kappa shape index (κ1) is 33.7. The summed E-state index contributed by atoms with van der Waals surface area (Å²) in [5, 5.41) is 4.51. The molecule has 6 nitrogen and oxygen atoms in total. The maximum absolute atomic E-state index is 9.21. The topological polar surface area (TPSA) is 33.1 Å². The van der Waals surface area contributed by atoms with Gasteiger partial charge in [0.25, 0.3) is 6.33 Å². The first-order valence-corrected chi connectivity index (χ1v) is 25.8. The molecule has 1 aliphatic rings. The van der Waals surface area contributed by atoms with Crippen molar-refractivity contribution in [3.05, 3.63) is 254 Å². The van der Waals surface area contributed by atoms with Gasteiger partial charge in [-0.05, 0) is 92.1 Å². The van der Waals surface area contributed by atoms with Crippen molar-refractivity contribution >= 4 is 68.7 Å². The van der Waals surface area contributed by atoms with Crippen LogP contribution in [0, 0.1) is 6.33 Å². The molecule has 0 radical (unpaired) electrons. The highest BCUT2D eigenvalue weighted by atomic mass is 28.3. The smallest absolute Gasteiger partial charge is 0.335 e. The van der Waals surface area contributed by atoms with Gasteiger partial charge >= 0.3 is 8.40 Å². The molecule has 13 rings (SSSR count). The zero-order valence-electron chi connectivity index (χ0n) is 50.0. The summed E-state index contributed by atoms with van der Waals surface area (Å²) in [7, 11) is -1.13. The van der Waals surface area contributed by atoms with E-state index in [1.807, 2.05) is 59.3 Å². The molecule has 4 heterocycles. The average Bonchev–Trinajstić information content (AvgIpc) is 2.11. The highest BCUT2D eigenvalue weighted by molar-refractivity contribution is 7.09. The predicted molar refractivity (Wildman–Crippen MR) is 300 cm³/mol. The van der Waals surface area contributed by atoms with E-state index in [1.54, 1.807) is 22.8 Å². The Hall–Kier alpha value is -8.78. The molecule has 0 saturated carbocycles. The summed E-state index contributed by atoms with van der Waals surface area (Å²) >= 11 is 0. The molecule has 0 aliphatic carbocycles. The van der Waals surface area contributed by atoms with Crippen molar-refractivity contribution in [2.24, 2.45) is 0 Å². The third-order valence-corrected chi connectivity index (χ3v) is 18.7. The van der Waals surface area contributed by atoms with Gasteiger partial charge in [-0.15, -0.1) is 0 Å². The zero-order chi connectivity index (χ0) is 57.3. The third kappa shape index (κ3) is 6.76. The lowest BCUT2D eigenvalue weighted by molar-refractivity contribution is -0.571. The van der Waals surface area contributed by atoms with Gasteiger partial charge in [-0.2, -0.15) is 0 Å². The van der Waals surface area contributed by atoms with Crippen LogP contribution in [-0.2, 0) is 5.41 Å². The van der Waals surface area contributed by atoms with Crippen LogP contribution < -0.4 is 24.1 Å². The monoisotopic (exact) mass is 954 g/mol. The van der Waals surface area contributed by atoms with Crippen molar-refractivity contribution in [1.29, 1.82) is 0 Å². The van der Waals surface area contributed by atoms with E-state index in [1.165, 1.54) is 5.56 Å². The van der Waals surface area contributed by atoms with Crippen LogP contribution in [0.15, 0.2) is 243 Å². The third-order valence-electron chi connectivity index (χ3n) is 14.1. The van der Waals surface area contributed by atoms with Gasteiger partial charge in [0.15, 0.2) is 0 Å². The molecule has 3 aromatic heterocycles. The zero-order valence-corrected chi connectivity index (χ0v) is 41.0. The second-order valence-corrected chi connectivity index (χ2v) is 22.8. The highest BCUT2D eigenvalue weighted by Crippen LogP contribution is 2.50. The second kappa shape index (κ2) is 17.0. The lowest BCUT2D eigenvalue weighted by Gasteiger charge is -2.42. The Morgan fingerprint density at radius 2 is 1.14 bits per heavy atom. The molecule has 0 atom stereocenters. The van der Waals surface area contributed by atoms with E-state index in [2.05, 4.69) is 157 Å². The van der Waals surface area contributed by atoms with Gasteiger partial charge in [-0.1, -0.05) is 209 Å². The van der Waals surface area contributed by atoms with Crippen LogP contribution in [0.1, 0.15) is 40.0 Å². The van der Waals surface area contributed by atoms with Gasteiger partial charge in [0.2, 0.25) is 0 Å². The standard InChI is InChI=1S/C65H52N6Si/c1-65(2,3)48-39-40-66-63(41-48)70-57-36-18-17-33-55(57)56-43-61-62(44-60(56)70)71(72(67(61)4,51-29-13-7-14-30-51)52-31-15-8-16-32-52)50-28-21-27-49(42-50)68-45-69(59-38-20-19-37-58(59)68)64-53(46-23-9-5-10-24-46)34-22-35-54(64)47-25-11-6-12-26-47/h5-44H,1-4H3/i5D,6D,9D,10D,11D,12D,23D,24D,25D,26D. The summed E-state index contributed by atoms with van der Waals surface area (Å²) in [5.41, 5.74) is 8.25. The van der Waals surface area contributed by atoms with E-state index in [0.717, 1.165) is 55.1 Å². The first-order chi connectivity index (χ1) is 39.4. The summed E-state index contributed by atoms with van der Waals surface area (Å²) in [6, 6.07) is 54.4. The maximum Gasteiger partial charge on any atom is 0.335 e. The molecule has 0 unspecified atom stereocenters. The van der Waals surface area contributed by atoms with Crippen molar-refractivity contribution in [1.82, 2.24) is 14.1 Å². The molecule has 0 fully saturated rings. The fourth-order valence-electron chi connectivity index (χ4n) is 10.8. The molecule has 0 N–H and O–H groups in total. The molecule has 72 heavy (non-hydrogen) atoms. The predicted octanol–water partition coefficient (Wildman–Crippen LogP) is 13.7. The molecule has 1 aliphatic heterocycles. The summed E-state index contributed by atoms with van der Waals surface area (Å²) in [6.45, 7) is 6.64. The lowest BCUT2D eigenvalue weighted by atomic mass is 9.88. The van der Waals surface area contributed by atoms with Crippen molar-refractivity contribution in [3.8, 4) is 39.4 Å². The minimum absolute atomic E-state index is 0.124. The molecule has 9 aromatic carbocycles. The Bertz CT molecular complexity index is 4430. The van der Waals surface area contributed by atoms with E-state index >= 15 is 0 Å². The minimum atomic E-state index is -3.34. The molecule has 346 valence electrons. The molecule has 0 saturated heterocycles. The van der Waals surface area contributed by atoms with Crippen LogP contribution in [0.4, 0.5) is 17.1 Å². The summed E-state index contributed by atoms with van der Waals surface area (Å²) in [4.78, 5) is 5.04. The minimum Gasteiger partial charge on any atom is -0.375 e. The van der Waals surface area contributed by atoms with Crippen LogP contribution >= 0.6 is 0 Å². The molecule has 0 spiro atoms. The number of rotatable bonds is 8. The number of hydrogen-bond donors (Lipinski definition) is 0. The molecular formula is C65H52N6Si. The second-order valence-electron chi connectivity index (χ2n) is 19.1. The van der Waals surface area contributed by atoms with Crippen molar-refractivity contribution in [3.63, 3.8) is 0 Å². The number of benzene rings is 9. The summed E-state index contributed by atoms with van der Waals surface area (Å²) in [6.07, 6.45) is 5.51. The number of nitrogens with zero attached hydrogens (tertiary/aromatic N) is 6. The Kier molecular flexibility index (Phi) is 7.94. The van der Waals surface area contributed by atoms with E-state index in [9.17, 15) is 5.48 Å². The van der Waals surface area contributed by atoms with Crippen LogP contribution in [0.2, 0.25) is 0 Å². The Balaban J connectivity index is 1.10. The van der Waals surface area contributed by atoms with Gasteiger partial charge in [0, 0.05) is 29.7 Å². The van der Waals surface area contributed by atoms with Gasteiger partial charge < -0.3 is 9.13 Å². The number of para-hydroxylation sites is 4. The van der Waals surface area contributed by atoms with Crippen LogP contribution in [0.25, 0.3) is 72.3 Å². The number of aromatic nitrogens is 4. The summed E-state index contributed by atoms with van der Waals surface area (Å²) < 4.78 is 99.7. The van der Waals surface area contributed by atoms with Gasteiger partial charge in [0.1, 0.15) is 5.82 Å². The number of pyridine rings is 1. The quantitative estimate of drug-likeness (QED) is 0.0864. The lowest BCUT2D eigenvalue weighted by Crippen LogP contribution is -2.75. The fraction of sp³-hybridized carbons (Fsp3) is 0.0769. The van der Waals surface area contributed by atoms with Crippen molar-refractivity contribution in [2.45, 2.75) is 26.2 Å². The van der Waals surface area contributed by atoms with Gasteiger partial charge in [-0.25, -0.2) is 4.98 Å². The van der Waals surface area contributed by atoms with Crippen LogP contribution in [-0.4, -0.2) is 29.6 Å². The van der Waals surface area contributed by atoms with E-state index in [-0.39, 0.29) is 33.4 Å². The first-order valence-electron chi connectivity index (χ1n) is 29.0. The Labute approximate surface area is 435 Å². The van der Waals surface area contributed by atoms with E-state index in [4.69, 9.17) is 13.2 Å². The van der Waals surface area contributed by atoms with Gasteiger partial charge in [0.05, 0.1) is 58.5 Å². The van der Waals surface area contributed by atoms with E-state index < -0.39 is 68.8 Å². The highest BCUT2D eigenvalue weighted by Gasteiger charge is 2.55. The van der Waals surface area contributed by atoms with Crippen molar-refractivity contribution in [2.75, 3.05) is 16.2 Å². The Morgan fingerprint density at radius 3 is 1.81 bits per heavy atom. The fourth-order valence-corrected chi connectivity index (χ4v) is 15.6. The number of fused-ring (bicyclic) bond motifs is 5. The number of anilines is 3.